The molecule has 0 fully saturated rings. The zero-order valence-corrected chi connectivity index (χ0v) is 13.6. The molecule has 0 spiro atoms. The Balaban J connectivity index is 2.23. The van der Waals surface area contributed by atoms with Crippen LogP contribution >= 0.6 is 15.9 Å². The summed E-state index contributed by atoms with van der Waals surface area (Å²) in [4.78, 5) is 0. The quantitative estimate of drug-likeness (QED) is 0.854. The number of anilines is 1. The van der Waals surface area contributed by atoms with E-state index in [1.54, 1.807) is 19.2 Å². The average molecular weight is 353 g/mol. The van der Waals surface area contributed by atoms with Gasteiger partial charge >= 0.3 is 0 Å². The molecule has 0 radical (unpaired) electrons. The SMILES string of the molecule is COc1ccc(C(CN)Nc2ccc(F)c(Br)c2)cc1C. The van der Waals surface area contributed by atoms with Gasteiger partial charge in [-0.1, -0.05) is 12.1 Å². The van der Waals surface area contributed by atoms with E-state index in [1.807, 2.05) is 25.1 Å². The minimum Gasteiger partial charge on any atom is -0.496 e. The lowest BCUT2D eigenvalue weighted by molar-refractivity contribution is 0.411. The normalized spacial score (nSPS) is 12.0. The Bertz CT molecular complexity index is 634. The molecular formula is C16H18BrFN2O. The second-order valence-corrected chi connectivity index (χ2v) is 5.64. The summed E-state index contributed by atoms with van der Waals surface area (Å²) in [6.07, 6.45) is 0. The summed E-state index contributed by atoms with van der Waals surface area (Å²) < 4.78 is 19.0. The first-order valence-corrected chi connectivity index (χ1v) is 7.40. The Morgan fingerprint density at radius 1 is 1.29 bits per heavy atom. The summed E-state index contributed by atoms with van der Waals surface area (Å²) in [6, 6.07) is 10.7. The van der Waals surface area contributed by atoms with E-state index in [4.69, 9.17) is 10.5 Å². The van der Waals surface area contributed by atoms with E-state index in [2.05, 4.69) is 21.2 Å². The maximum absolute atomic E-state index is 13.3. The minimum atomic E-state index is -0.287. The van der Waals surface area contributed by atoms with Gasteiger partial charge in [-0.15, -0.1) is 0 Å². The van der Waals surface area contributed by atoms with Crippen LogP contribution < -0.4 is 15.8 Å². The van der Waals surface area contributed by atoms with E-state index < -0.39 is 0 Å². The van der Waals surface area contributed by atoms with Gasteiger partial charge in [0.05, 0.1) is 17.6 Å². The van der Waals surface area contributed by atoms with Crippen LogP contribution in [0, 0.1) is 12.7 Å². The summed E-state index contributed by atoms with van der Waals surface area (Å²) >= 11 is 3.18. The van der Waals surface area contributed by atoms with Crippen molar-refractivity contribution in [3.8, 4) is 5.75 Å². The van der Waals surface area contributed by atoms with E-state index in [0.29, 0.717) is 11.0 Å². The highest BCUT2D eigenvalue weighted by Crippen LogP contribution is 2.26. The molecule has 0 aromatic heterocycles. The minimum absolute atomic E-state index is 0.0491. The van der Waals surface area contributed by atoms with Crippen molar-refractivity contribution in [1.29, 1.82) is 0 Å². The van der Waals surface area contributed by atoms with Gasteiger partial charge in [-0.3, -0.25) is 0 Å². The van der Waals surface area contributed by atoms with Crippen LogP contribution in [0.2, 0.25) is 0 Å². The van der Waals surface area contributed by atoms with Gasteiger partial charge in [0.15, 0.2) is 0 Å². The van der Waals surface area contributed by atoms with Gasteiger partial charge in [0.1, 0.15) is 11.6 Å². The van der Waals surface area contributed by atoms with Crippen LogP contribution in [0.15, 0.2) is 40.9 Å². The summed E-state index contributed by atoms with van der Waals surface area (Å²) in [5.74, 6) is 0.559. The number of nitrogens with two attached hydrogens (primary N) is 1. The van der Waals surface area contributed by atoms with Gasteiger partial charge in [-0.2, -0.15) is 0 Å². The molecule has 2 aromatic rings. The summed E-state index contributed by atoms with van der Waals surface area (Å²) in [5.41, 5.74) is 8.79. The predicted molar refractivity (Wildman–Crippen MR) is 87.2 cm³/mol. The van der Waals surface area contributed by atoms with Crippen molar-refractivity contribution in [3.63, 3.8) is 0 Å². The van der Waals surface area contributed by atoms with Gasteiger partial charge in [-0.25, -0.2) is 4.39 Å². The highest BCUT2D eigenvalue weighted by atomic mass is 79.9. The van der Waals surface area contributed by atoms with Crippen molar-refractivity contribution < 1.29 is 9.13 Å². The molecule has 0 aliphatic carbocycles. The molecule has 0 heterocycles. The Hall–Kier alpha value is -1.59. The molecule has 21 heavy (non-hydrogen) atoms. The number of halogens is 2. The molecule has 5 heteroatoms. The lowest BCUT2D eigenvalue weighted by atomic mass is 10.0. The molecule has 0 saturated carbocycles. The van der Waals surface area contributed by atoms with Crippen molar-refractivity contribution >= 4 is 21.6 Å². The number of aryl methyl sites for hydroxylation is 1. The number of methoxy groups -OCH3 is 1. The highest BCUT2D eigenvalue weighted by Gasteiger charge is 2.12. The third-order valence-electron chi connectivity index (χ3n) is 3.32. The van der Waals surface area contributed by atoms with Gasteiger partial charge < -0.3 is 15.8 Å². The lowest BCUT2D eigenvalue weighted by Crippen LogP contribution is -2.20. The van der Waals surface area contributed by atoms with Crippen LogP contribution in [0.1, 0.15) is 17.2 Å². The fourth-order valence-electron chi connectivity index (χ4n) is 2.18. The fraction of sp³-hybridized carbons (Fsp3) is 0.250. The van der Waals surface area contributed by atoms with Gasteiger partial charge in [0.25, 0.3) is 0 Å². The van der Waals surface area contributed by atoms with E-state index in [1.165, 1.54) is 6.07 Å². The molecule has 0 amide bonds. The molecule has 3 nitrogen and oxygen atoms in total. The lowest BCUT2D eigenvalue weighted by Gasteiger charge is -2.20. The standard InChI is InChI=1S/C16H18BrFN2O/c1-10-7-11(3-6-16(10)21-2)15(9-19)20-12-4-5-14(18)13(17)8-12/h3-8,15,20H,9,19H2,1-2H3. The van der Waals surface area contributed by atoms with Crippen LogP contribution in [-0.2, 0) is 0 Å². The number of rotatable bonds is 5. The molecule has 0 bridgehead atoms. The van der Waals surface area contributed by atoms with Crippen LogP contribution in [0.4, 0.5) is 10.1 Å². The predicted octanol–water partition coefficient (Wildman–Crippen LogP) is 4.02. The third-order valence-corrected chi connectivity index (χ3v) is 3.93. The van der Waals surface area contributed by atoms with Gasteiger partial charge in [0.2, 0.25) is 0 Å². The number of hydrogen-bond donors (Lipinski definition) is 2. The Kier molecular flexibility index (Phi) is 5.20. The first-order valence-electron chi connectivity index (χ1n) is 6.61. The third kappa shape index (κ3) is 3.74. The van der Waals surface area contributed by atoms with Crippen LogP contribution in [0.5, 0.6) is 5.75 Å². The Morgan fingerprint density at radius 3 is 2.62 bits per heavy atom. The number of hydrogen-bond acceptors (Lipinski definition) is 3. The number of benzene rings is 2. The van der Waals surface area contributed by atoms with Crippen molar-refractivity contribution in [2.45, 2.75) is 13.0 Å². The molecule has 1 atom stereocenters. The molecule has 0 aliphatic heterocycles. The number of nitrogens with one attached hydrogen (secondary N) is 1. The zero-order chi connectivity index (χ0) is 15.4. The van der Waals surface area contributed by atoms with Gasteiger partial charge in [0, 0.05) is 12.2 Å². The first kappa shape index (κ1) is 15.8. The van der Waals surface area contributed by atoms with E-state index in [9.17, 15) is 4.39 Å². The summed E-state index contributed by atoms with van der Waals surface area (Å²) in [6.45, 7) is 2.42. The summed E-state index contributed by atoms with van der Waals surface area (Å²) in [7, 11) is 1.65. The second kappa shape index (κ2) is 6.91. The highest BCUT2D eigenvalue weighted by molar-refractivity contribution is 9.10. The smallest absolute Gasteiger partial charge is 0.137 e. The maximum atomic E-state index is 13.3. The molecule has 2 aromatic carbocycles. The monoisotopic (exact) mass is 352 g/mol. The van der Waals surface area contributed by atoms with E-state index in [-0.39, 0.29) is 11.9 Å². The van der Waals surface area contributed by atoms with E-state index in [0.717, 1.165) is 22.6 Å². The van der Waals surface area contributed by atoms with Crippen molar-refractivity contribution in [2.75, 3.05) is 19.0 Å². The maximum Gasteiger partial charge on any atom is 0.137 e. The number of ether oxygens (including phenoxy) is 1. The molecule has 0 saturated heterocycles. The van der Waals surface area contributed by atoms with Crippen LogP contribution in [-0.4, -0.2) is 13.7 Å². The first-order chi connectivity index (χ1) is 10.0. The molecular weight excluding hydrogens is 335 g/mol. The Labute approximate surface area is 132 Å². The molecule has 1 unspecified atom stereocenters. The molecule has 2 rings (SSSR count). The van der Waals surface area contributed by atoms with Gasteiger partial charge in [-0.05, 0) is 58.2 Å². The van der Waals surface area contributed by atoms with Crippen LogP contribution in [0.3, 0.4) is 0 Å². The molecule has 0 aliphatic rings. The van der Waals surface area contributed by atoms with Crippen LogP contribution in [0.25, 0.3) is 0 Å². The second-order valence-electron chi connectivity index (χ2n) is 4.79. The topological polar surface area (TPSA) is 47.3 Å². The average Bonchev–Trinajstić information content (AvgIpc) is 2.48. The van der Waals surface area contributed by atoms with Crippen molar-refractivity contribution in [1.82, 2.24) is 0 Å². The fourth-order valence-corrected chi connectivity index (χ4v) is 2.56. The zero-order valence-electron chi connectivity index (χ0n) is 12.0. The summed E-state index contributed by atoms with van der Waals surface area (Å²) in [5, 5.41) is 3.32. The van der Waals surface area contributed by atoms with Crippen molar-refractivity contribution in [3.05, 3.63) is 57.8 Å². The van der Waals surface area contributed by atoms with Crippen molar-refractivity contribution in [2.24, 2.45) is 5.73 Å². The molecule has 112 valence electrons. The van der Waals surface area contributed by atoms with E-state index >= 15 is 0 Å². The largest absolute Gasteiger partial charge is 0.496 e. The Morgan fingerprint density at radius 2 is 2.05 bits per heavy atom. The molecule has 3 N–H and O–H groups in total.